The van der Waals surface area contributed by atoms with Crippen LogP contribution < -0.4 is 4.74 Å². The third kappa shape index (κ3) is 3.88. The number of allylic oxidation sites excluding steroid dienone is 2. The van der Waals surface area contributed by atoms with Crippen molar-refractivity contribution in [3.05, 3.63) is 45.5 Å². The topological polar surface area (TPSA) is 89.7 Å². The quantitative estimate of drug-likeness (QED) is 0.448. The summed E-state index contributed by atoms with van der Waals surface area (Å²) in [5, 5.41) is 20.5. The first-order valence-corrected chi connectivity index (χ1v) is 7.77. The molecule has 6 heteroatoms. The number of aliphatic carboxylic acids is 1. The van der Waals surface area contributed by atoms with Crippen LogP contribution in [0.4, 0.5) is 5.69 Å². The summed E-state index contributed by atoms with van der Waals surface area (Å²) in [6.45, 7) is 4.23. The fourth-order valence-corrected chi connectivity index (χ4v) is 2.65. The monoisotopic (exact) mass is 319 g/mol. The smallest absolute Gasteiger partial charge is 0.311 e. The Morgan fingerprint density at radius 1 is 1.52 bits per heavy atom. The predicted octanol–water partition coefficient (Wildman–Crippen LogP) is 3.69. The number of nitro benzene ring substituents is 1. The lowest BCUT2D eigenvalue weighted by Crippen LogP contribution is -2.05. The van der Waals surface area contributed by atoms with E-state index in [1.165, 1.54) is 6.07 Å². The zero-order valence-corrected chi connectivity index (χ0v) is 13.3. The van der Waals surface area contributed by atoms with E-state index in [1.54, 1.807) is 0 Å². The average molecular weight is 319 g/mol. The number of hydrogen-bond acceptors (Lipinski definition) is 4. The summed E-state index contributed by atoms with van der Waals surface area (Å²) < 4.78 is 5.61. The molecule has 0 amide bonds. The molecular weight excluding hydrogens is 298 g/mol. The van der Waals surface area contributed by atoms with Crippen LogP contribution in [0.3, 0.4) is 0 Å². The van der Waals surface area contributed by atoms with E-state index in [-0.39, 0.29) is 11.6 Å². The first-order valence-electron chi connectivity index (χ1n) is 7.77. The summed E-state index contributed by atoms with van der Waals surface area (Å²) in [6.07, 6.45) is 5.59. The van der Waals surface area contributed by atoms with Gasteiger partial charge in [-0.25, -0.2) is 0 Å². The Labute approximate surface area is 134 Å². The third-order valence-corrected chi connectivity index (χ3v) is 3.93. The van der Waals surface area contributed by atoms with Crippen molar-refractivity contribution in [2.45, 2.75) is 39.0 Å². The molecular formula is C17H21NO5. The van der Waals surface area contributed by atoms with Crippen LogP contribution in [0.15, 0.2) is 24.3 Å². The van der Waals surface area contributed by atoms with E-state index in [0.717, 1.165) is 12.0 Å². The summed E-state index contributed by atoms with van der Waals surface area (Å²) in [7, 11) is 0. The van der Waals surface area contributed by atoms with Gasteiger partial charge in [-0.3, -0.25) is 14.9 Å². The molecule has 1 aromatic carbocycles. The maximum Gasteiger partial charge on any atom is 0.311 e. The summed E-state index contributed by atoms with van der Waals surface area (Å²) in [4.78, 5) is 22.0. The molecule has 1 N–H and O–H groups in total. The minimum atomic E-state index is -0.848. The van der Waals surface area contributed by atoms with Crippen LogP contribution in [0, 0.1) is 16.0 Å². The molecule has 0 heterocycles. The molecule has 1 aliphatic rings. The van der Waals surface area contributed by atoms with Crippen molar-refractivity contribution in [3.63, 3.8) is 0 Å². The van der Waals surface area contributed by atoms with Gasteiger partial charge < -0.3 is 9.84 Å². The second-order valence-corrected chi connectivity index (χ2v) is 5.69. The molecule has 2 rings (SSSR count). The molecule has 0 aliphatic heterocycles. The number of carboxylic acid groups (broad SMARTS) is 1. The zero-order valence-electron chi connectivity index (χ0n) is 13.3. The van der Waals surface area contributed by atoms with E-state index in [2.05, 4.69) is 0 Å². The van der Waals surface area contributed by atoms with Gasteiger partial charge in [0.05, 0.1) is 17.4 Å². The summed E-state index contributed by atoms with van der Waals surface area (Å²) in [5.74, 6) is -1.13. The summed E-state index contributed by atoms with van der Waals surface area (Å²) >= 11 is 0. The summed E-state index contributed by atoms with van der Waals surface area (Å²) in [5.41, 5.74) is 1.37. The van der Waals surface area contributed by atoms with Crippen LogP contribution >= 0.6 is 0 Å². The highest BCUT2D eigenvalue weighted by molar-refractivity contribution is 5.75. The lowest BCUT2D eigenvalue weighted by Gasteiger charge is -2.12. The van der Waals surface area contributed by atoms with E-state index in [9.17, 15) is 14.9 Å². The highest BCUT2D eigenvalue weighted by Crippen LogP contribution is 2.50. The van der Waals surface area contributed by atoms with Crippen LogP contribution in [-0.4, -0.2) is 22.6 Å². The number of ether oxygens (including phenoxy) is 1. The third-order valence-electron chi connectivity index (χ3n) is 3.93. The van der Waals surface area contributed by atoms with E-state index in [1.807, 2.05) is 32.1 Å². The average Bonchev–Trinajstić information content (AvgIpc) is 3.31. The van der Waals surface area contributed by atoms with Crippen LogP contribution in [0.1, 0.15) is 43.7 Å². The number of benzene rings is 1. The SMILES string of the molecule is CC=CCc1cc([C@H]2C[C@H]2C(=O)O)cc([N+](=O)[O-])c1OCCC. The second kappa shape index (κ2) is 7.26. The van der Waals surface area contributed by atoms with Gasteiger partial charge in [-0.15, -0.1) is 0 Å². The molecule has 0 unspecified atom stereocenters. The van der Waals surface area contributed by atoms with E-state index in [0.29, 0.717) is 30.8 Å². The maximum absolute atomic E-state index is 11.4. The minimum absolute atomic E-state index is 0.0773. The molecule has 0 spiro atoms. The molecule has 6 nitrogen and oxygen atoms in total. The Kier molecular flexibility index (Phi) is 5.36. The van der Waals surface area contributed by atoms with Crippen molar-refractivity contribution in [2.24, 2.45) is 5.92 Å². The first kappa shape index (κ1) is 17.0. The van der Waals surface area contributed by atoms with Gasteiger partial charge in [0.2, 0.25) is 5.75 Å². The second-order valence-electron chi connectivity index (χ2n) is 5.69. The van der Waals surface area contributed by atoms with Gasteiger partial charge in [-0.05, 0) is 37.7 Å². The van der Waals surface area contributed by atoms with E-state index < -0.39 is 16.8 Å². The van der Waals surface area contributed by atoms with Gasteiger partial charge in [0, 0.05) is 11.6 Å². The lowest BCUT2D eigenvalue weighted by atomic mass is 10.0. The Bertz CT molecular complexity index is 638. The van der Waals surface area contributed by atoms with Gasteiger partial charge in [-0.2, -0.15) is 0 Å². The number of carboxylic acids is 1. The highest BCUT2D eigenvalue weighted by Gasteiger charge is 2.45. The van der Waals surface area contributed by atoms with Crippen molar-refractivity contribution in [1.29, 1.82) is 0 Å². The van der Waals surface area contributed by atoms with Gasteiger partial charge in [0.15, 0.2) is 0 Å². The van der Waals surface area contributed by atoms with Crippen LogP contribution in [0.25, 0.3) is 0 Å². The largest absolute Gasteiger partial charge is 0.487 e. The van der Waals surface area contributed by atoms with Crippen molar-refractivity contribution >= 4 is 11.7 Å². The van der Waals surface area contributed by atoms with Gasteiger partial charge in [0.1, 0.15) is 0 Å². The minimum Gasteiger partial charge on any atom is -0.487 e. The molecule has 124 valence electrons. The van der Waals surface area contributed by atoms with E-state index >= 15 is 0 Å². The van der Waals surface area contributed by atoms with Crippen molar-refractivity contribution in [3.8, 4) is 5.75 Å². The molecule has 1 aromatic rings. The molecule has 0 bridgehead atoms. The predicted molar refractivity (Wildman–Crippen MR) is 85.9 cm³/mol. The van der Waals surface area contributed by atoms with Crippen molar-refractivity contribution in [1.82, 2.24) is 0 Å². The first-order chi connectivity index (χ1) is 11.0. The Hall–Kier alpha value is -2.37. The maximum atomic E-state index is 11.4. The van der Waals surface area contributed by atoms with Crippen molar-refractivity contribution in [2.75, 3.05) is 6.61 Å². The van der Waals surface area contributed by atoms with Gasteiger partial charge >= 0.3 is 11.7 Å². The Balaban J connectivity index is 2.44. The van der Waals surface area contributed by atoms with E-state index in [4.69, 9.17) is 9.84 Å². The Morgan fingerprint density at radius 2 is 2.26 bits per heavy atom. The number of nitro groups is 1. The number of rotatable bonds is 8. The molecule has 1 aliphatic carbocycles. The normalized spacial score (nSPS) is 19.7. The fraction of sp³-hybridized carbons (Fsp3) is 0.471. The zero-order chi connectivity index (χ0) is 17.0. The molecule has 23 heavy (non-hydrogen) atoms. The Morgan fingerprint density at radius 3 is 2.78 bits per heavy atom. The van der Waals surface area contributed by atoms with Gasteiger partial charge in [-0.1, -0.05) is 25.1 Å². The number of hydrogen-bond donors (Lipinski definition) is 1. The molecule has 2 atom stereocenters. The standard InChI is InChI=1S/C17H21NO5/c1-3-5-6-11-8-12(13-10-14(13)17(19)20)9-15(18(21)22)16(11)23-7-4-2/h3,5,8-9,13-14H,4,6-7,10H2,1-2H3,(H,19,20)/t13-,14-/m1/s1. The van der Waals surface area contributed by atoms with Crippen LogP contribution in [0.5, 0.6) is 5.75 Å². The van der Waals surface area contributed by atoms with Crippen LogP contribution in [0.2, 0.25) is 0 Å². The molecule has 0 radical (unpaired) electrons. The van der Waals surface area contributed by atoms with Crippen LogP contribution in [-0.2, 0) is 11.2 Å². The fourth-order valence-electron chi connectivity index (χ4n) is 2.65. The number of carbonyl (C=O) groups is 1. The molecule has 1 fully saturated rings. The molecule has 1 saturated carbocycles. The highest BCUT2D eigenvalue weighted by atomic mass is 16.6. The summed E-state index contributed by atoms with van der Waals surface area (Å²) in [6, 6.07) is 3.32. The lowest BCUT2D eigenvalue weighted by molar-refractivity contribution is -0.386. The van der Waals surface area contributed by atoms with Crippen molar-refractivity contribution < 1.29 is 19.6 Å². The molecule has 0 aromatic heterocycles. The van der Waals surface area contributed by atoms with Gasteiger partial charge in [0.25, 0.3) is 0 Å². The molecule has 0 saturated heterocycles. The number of nitrogens with zero attached hydrogens (tertiary/aromatic N) is 1.